The maximum Gasteiger partial charge on any atom is 0.253 e. The molecule has 1 aromatic carbocycles. The SMILES string of the molecule is COCCCN1CCC(NC(=O)c2cc(F)cc3cccnc23)CC1. The smallest absolute Gasteiger partial charge is 0.253 e. The highest BCUT2D eigenvalue weighted by Gasteiger charge is 2.22. The van der Waals surface area contributed by atoms with Crippen LogP contribution in [0.1, 0.15) is 29.6 Å². The first kappa shape index (κ1) is 17.8. The topological polar surface area (TPSA) is 54.5 Å². The Kier molecular flexibility index (Phi) is 5.94. The first-order chi connectivity index (χ1) is 12.2. The number of fused-ring (bicyclic) bond motifs is 1. The summed E-state index contributed by atoms with van der Waals surface area (Å²) in [5.74, 6) is -0.667. The van der Waals surface area contributed by atoms with Gasteiger partial charge in [0.2, 0.25) is 0 Å². The number of nitrogens with one attached hydrogen (secondary N) is 1. The molecule has 6 heteroatoms. The number of hydrogen-bond acceptors (Lipinski definition) is 4. The maximum atomic E-state index is 13.8. The zero-order chi connectivity index (χ0) is 17.6. The van der Waals surface area contributed by atoms with Gasteiger partial charge in [0.15, 0.2) is 0 Å². The summed E-state index contributed by atoms with van der Waals surface area (Å²) in [6.45, 7) is 3.71. The minimum absolute atomic E-state index is 0.119. The fourth-order valence-electron chi connectivity index (χ4n) is 3.33. The number of piperidine rings is 1. The quantitative estimate of drug-likeness (QED) is 0.818. The van der Waals surface area contributed by atoms with E-state index < -0.39 is 5.82 Å². The molecule has 0 spiro atoms. The van der Waals surface area contributed by atoms with Crippen LogP contribution in [0.15, 0.2) is 30.5 Å². The van der Waals surface area contributed by atoms with E-state index >= 15 is 0 Å². The summed E-state index contributed by atoms with van der Waals surface area (Å²) in [5.41, 5.74) is 0.844. The van der Waals surface area contributed by atoms with Gasteiger partial charge in [-0.3, -0.25) is 9.78 Å². The van der Waals surface area contributed by atoms with Gasteiger partial charge in [-0.25, -0.2) is 4.39 Å². The van der Waals surface area contributed by atoms with Gasteiger partial charge in [-0.1, -0.05) is 6.07 Å². The first-order valence-electron chi connectivity index (χ1n) is 8.74. The summed E-state index contributed by atoms with van der Waals surface area (Å²) in [4.78, 5) is 19.3. The fourth-order valence-corrected chi connectivity index (χ4v) is 3.33. The average molecular weight is 345 g/mol. The van der Waals surface area contributed by atoms with Crippen molar-refractivity contribution in [3.63, 3.8) is 0 Å². The third kappa shape index (κ3) is 4.52. The molecule has 5 nitrogen and oxygen atoms in total. The number of carbonyl (C=O) groups is 1. The summed E-state index contributed by atoms with van der Waals surface area (Å²) < 4.78 is 18.9. The predicted octanol–water partition coefficient (Wildman–Crippen LogP) is 2.60. The molecule has 1 saturated heterocycles. The normalized spacial score (nSPS) is 16.2. The van der Waals surface area contributed by atoms with E-state index in [0.717, 1.165) is 45.5 Å². The van der Waals surface area contributed by atoms with E-state index in [4.69, 9.17) is 4.74 Å². The van der Waals surface area contributed by atoms with Gasteiger partial charge < -0.3 is 15.0 Å². The van der Waals surface area contributed by atoms with E-state index in [9.17, 15) is 9.18 Å². The molecular weight excluding hydrogens is 321 g/mol. The van der Waals surface area contributed by atoms with Gasteiger partial charge in [0.05, 0.1) is 11.1 Å². The van der Waals surface area contributed by atoms with Crippen molar-refractivity contribution in [1.82, 2.24) is 15.2 Å². The van der Waals surface area contributed by atoms with Crippen molar-refractivity contribution < 1.29 is 13.9 Å². The number of rotatable bonds is 6. The third-order valence-electron chi connectivity index (χ3n) is 4.66. The molecular formula is C19H24FN3O2. The van der Waals surface area contributed by atoms with Gasteiger partial charge in [-0.2, -0.15) is 0 Å². The number of aromatic nitrogens is 1. The molecule has 25 heavy (non-hydrogen) atoms. The fraction of sp³-hybridized carbons (Fsp3) is 0.474. The summed E-state index contributed by atoms with van der Waals surface area (Å²) in [6, 6.07) is 6.29. The van der Waals surface area contributed by atoms with E-state index in [-0.39, 0.29) is 11.9 Å². The van der Waals surface area contributed by atoms with Gasteiger partial charge >= 0.3 is 0 Å². The van der Waals surface area contributed by atoms with Crippen LogP contribution in [0.25, 0.3) is 10.9 Å². The number of ether oxygens (including phenoxy) is 1. The number of methoxy groups -OCH3 is 1. The second kappa shape index (κ2) is 8.36. The highest BCUT2D eigenvalue weighted by molar-refractivity contribution is 6.05. The van der Waals surface area contributed by atoms with E-state index in [1.165, 1.54) is 12.1 Å². The Morgan fingerprint density at radius 1 is 1.40 bits per heavy atom. The molecule has 134 valence electrons. The van der Waals surface area contributed by atoms with E-state index in [1.807, 2.05) is 0 Å². The van der Waals surface area contributed by atoms with Crippen LogP contribution in [0.4, 0.5) is 4.39 Å². The molecule has 2 aromatic rings. The van der Waals surface area contributed by atoms with Crippen LogP contribution < -0.4 is 5.32 Å². The minimum Gasteiger partial charge on any atom is -0.385 e. The molecule has 1 aliphatic heterocycles. The van der Waals surface area contributed by atoms with Crippen LogP contribution in [0.5, 0.6) is 0 Å². The number of amides is 1. The Bertz CT molecular complexity index is 730. The van der Waals surface area contributed by atoms with Crippen molar-refractivity contribution in [3.05, 3.63) is 41.8 Å². The second-order valence-electron chi connectivity index (χ2n) is 6.46. The lowest BCUT2D eigenvalue weighted by atomic mass is 10.0. The molecule has 0 aliphatic carbocycles. The van der Waals surface area contributed by atoms with Gasteiger partial charge in [0.1, 0.15) is 5.82 Å². The molecule has 1 aliphatic rings. The predicted molar refractivity (Wildman–Crippen MR) is 95.1 cm³/mol. The Morgan fingerprint density at radius 2 is 2.20 bits per heavy atom. The molecule has 0 atom stereocenters. The number of carbonyl (C=O) groups excluding carboxylic acids is 1. The van der Waals surface area contributed by atoms with E-state index in [1.54, 1.807) is 25.4 Å². The lowest BCUT2D eigenvalue weighted by Crippen LogP contribution is -2.45. The molecule has 0 bridgehead atoms. The van der Waals surface area contributed by atoms with E-state index in [0.29, 0.717) is 16.5 Å². The van der Waals surface area contributed by atoms with Crippen LogP contribution >= 0.6 is 0 Å². The summed E-state index contributed by atoms with van der Waals surface area (Å²) in [5, 5.41) is 3.68. The summed E-state index contributed by atoms with van der Waals surface area (Å²) in [7, 11) is 1.72. The Balaban J connectivity index is 1.60. The Labute approximate surface area is 147 Å². The van der Waals surface area contributed by atoms with Gasteiger partial charge in [-0.05, 0) is 37.5 Å². The van der Waals surface area contributed by atoms with Gasteiger partial charge in [-0.15, -0.1) is 0 Å². The Morgan fingerprint density at radius 3 is 2.96 bits per heavy atom. The Hall–Kier alpha value is -2.05. The van der Waals surface area contributed by atoms with Gasteiger partial charge in [0.25, 0.3) is 5.91 Å². The molecule has 0 radical (unpaired) electrons. The number of halogens is 1. The number of pyridine rings is 1. The largest absolute Gasteiger partial charge is 0.385 e. The zero-order valence-electron chi connectivity index (χ0n) is 14.5. The highest BCUT2D eigenvalue weighted by atomic mass is 19.1. The maximum absolute atomic E-state index is 13.8. The second-order valence-corrected chi connectivity index (χ2v) is 6.46. The molecule has 0 unspecified atom stereocenters. The summed E-state index contributed by atoms with van der Waals surface area (Å²) >= 11 is 0. The third-order valence-corrected chi connectivity index (χ3v) is 4.66. The van der Waals surface area contributed by atoms with Crippen molar-refractivity contribution in [3.8, 4) is 0 Å². The molecule has 2 heterocycles. The lowest BCUT2D eigenvalue weighted by molar-refractivity contribution is 0.0908. The zero-order valence-corrected chi connectivity index (χ0v) is 14.5. The lowest BCUT2D eigenvalue weighted by Gasteiger charge is -2.32. The van der Waals surface area contributed by atoms with Gasteiger partial charge in [0, 0.05) is 51.0 Å². The molecule has 1 N–H and O–H groups in total. The minimum atomic E-state index is -0.418. The molecule has 0 saturated carbocycles. The van der Waals surface area contributed by atoms with E-state index in [2.05, 4.69) is 15.2 Å². The van der Waals surface area contributed by atoms with Crippen LogP contribution in [0.2, 0.25) is 0 Å². The number of likely N-dealkylation sites (tertiary alicyclic amines) is 1. The van der Waals surface area contributed by atoms with Crippen molar-refractivity contribution in [2.75, 3.05) is 33.4 Å². The number of hydrogen-bond donors (Lipinski definition) is 1. The standard InChI is InChI=1S/C19H24FN3O2/c1-25-11-3-8-23-9-5-16(6-10-23)22-19(24)17-13-15(20)12-14-4-2-7-21-18(14)17/h2,4,7,12-13,16H,3,5-6,8-11H2,1H3,(H,22,24). The molecule has 3 rings (SSSR count). The van der Waals surface area contributed by atoms with Crippen LogP contribution in [-0.4, -0.2) is 55.2 Å². The van der Waals surface area contributed by atoms with Crippen molar-refractivity contribution in [1.29, 1.82) is 0 Å². The molecule has 1 fully saturated rings. The average Bonchev–Trinajstić information content (AvgIpc) is 2.62. The highest BCUT2D eigenvalue weighted by Crippen LogP contribution is 2.19. The molecule has 1 amide bonds. The van der Waals surface area contributed by atoms with Crippen molar-refractivity contribution >= 4 is 16.8 Å². The summed E-state index contributed by atoms with van der Waals surface area (Å²) in [6.07, 6.45) is 4.45. The molecule has 1 aromatic heterocycles. The van der Waals surface area contributed by atoms with Crippen molar-refractivity contribution in [2.45, 2.75) is 25.3 Å². The van der Waals surface area contributed by atoms with Crippen LogP contribution in [0, 0.1) is 5.82 Å². The first-order valence-corrected chi connectivity index (χ1v) is 8.74. The number of nitrogens with zero attached hydrogens (tertiary/aromatic N) is 2. The monoisotopic (exact) mass is 345 g/mol. The van der Waals surface area contributed by atoms with Crippen molar-refractivity contribution in [2.24, 2.45) is 0 Å². The van der Waals surface area contributed by atoms with Crippen LogP contribution in [0.3, 0.4) is 0 Å². The number of benzene rings is 1. The van der Waals surface area contributed by atoms with Crippen LogP contribution in [-0.2, 0) is 4.74 Å².